The van der Waals surface area contributed by atoms with E-state index in [0.717, 1.165) is 12.1 Å². The first-order valence-electron chi connectivity index (χ1n) is 5.18. The van der Waals surface area contributed by atoms with Crippen molar-refractivity contribution in [2.75, 3.05) is 19.3 Å². The monoisotopic (exact) mass is 242 g/mol. The van der Waals surface area contributed by atoms with Gasteiger partial charge in [-0.1, -0.05) is 12.1 Å². The summed E-state index contributed by atoms with van der Waals surface area (Å²) in [6.07, 6.45) is 1.21. The Bertz CT molecular complexity index is 426. The molecule has 1 rings (SSSR count). The molecule has 0 aliphatic carbocycles. The van der Waals surface area contributed by atoms with Gasteiger partial charge in [-0.05, 0) is 24.6 Å². The first-order chi connectivity index (χ1) is 7.45. The standard InChI is InChI=1S/C11H18N2O2S/c1-9(13-8-7-12)10-3-5-11(6-4-10)16(2,14)15/h3-6,9,13H,7-8,12H2,1-2H3. The number of benzene rings is 1. The van der Waals surface area contributed by atoms with Crippen molar-refractivity contribution in [3.63, 3.8) is 0 Å². The molecule has 0 spiro atoms. The van der Waals surface area contributed by atoms with E-state index in [1.165, 1.54) is 6.26 Å². The lowest BCUT2D eigenvalue weighted by Gasteiger charge is -2.13. The van der Waals surface area contributed by atoms with Gasteiger partial charge in [0.1, 0.15) is 0 Å². The smallest absolute Gasteiger partial charge is 0.175 e. The summed E-state index contributed by atoms with van der Waals surface area (Å²) in [6, 6.07) is 7.09. The van der Waals surface area contributed by atoms with Crippen LogP contribution in [0.3, 0.4) is 0 Å². The zero-order valence-corrected chi connectivity index (χ0v) is 10.4. The Morgan fingerprint density at radius 2 is 1.88 bits per heavy atom. The van der Waals surface area contributed by atoms with E-state index in [1.54, 1.807) is 12.1 Å². The van der Waals surface area contributed by atoms with Crippen LogP contribution in [-0.4, -0.2) is 27.8 Å². The fourth-order valence-corrected chi connectivity index (χ4v) is 2.05. The SMILES string of the molecule is CC(NCCN)c1ccc(S(C)(=O)=O)cc1. The van der Waals surface area contributed by atoms with Crippen molar-refractivity contribution in [1.82, 2.24) is 5.32 Å². The predicted molar refractivity (Wildman–Crippen MR) is 65.0 cm³/mol. The summed E-state index contributed by atoms with van der Waals surface area (Å²) in [7, 11) is -3.10. The minimum absolute atomic E-state index is 0.178. The van der Waals surface area contributed by atoms with E-state index in [0.29, 0.717) is 11.4 Å². The molecule has 90 valence electrons. The molecule has 1 aromatic carbocycles. The summed E-state index contributed by atoms with van der Waals surface area (Å²) in [5, 5.41) is 3.23. The van der Waals surface area contributed by atoms with Gasteiger partial charge in [0.2, 0.25) is 0 Å². The number of hydrogen-bond donors (Lipinski definition) is 2. The molecule has 0 saturated carbocycles. The van der Waals surface area contributed by atoms with Gasteiger partial charge in [-0.15, -0.1) is 0 Å². The fourth-order valence-electron chi connectivity index (χ4n) is 1.42. The first-order valence-corrected chi connectivity index (χ1v) is 7.07. The summed E-state index contributed by atoms with van der Waals surface area (Å²) in [4.78, 5) is 0.349. The number of nitrogens with one attached hydrogen (secondary N) is 1. The number of hydrogen-bond acceptors (Lipinski definition) is 4. The highest BCUT2D eigenvalue weighted by molar-refractivity contribution is 7.90. The Morgan fingerprint density at radius 1 is 1.31 bits per heavy atom. The van der Waals surface area contributed by atoms with Crippen LogP contribution in [0.1, 0.15) is 18.5 Å². The van der Waals surface area contributed by atoms with E-state index >= 15 is 0 Å². The maximum Gasteiger partial charge on any atom is 0.175 e. The molecule has 0 aliphatic heterocycles. The lowest BCUT2D eigenvalue weighted by molar-refractivity contribution is 0.581. The molecule has 0 aromatic heterocycles. The molecule has 0 bridgehead atoms. The van der Waals surface area contributed by atoms with Gasteiger partial charge in [-0.25, -0.2) is 8.42 Å². The van der Waals surface area contributed by atoms with Crippen LogP contribution < -0.4 is 11.1 Å². The lowest BCUT2D eigenvalue weighted by Crippen LogP contribution is -2.25. The van der Waals surface area contributed by atoms with E-state index < -0.39 is 9.84 Å². The highest BCUT2D eigenvalue weighted by Gasteiger charge is 2.08. The van der Waals surface area contributed by atoms with Crippen molar-refractivity contribution in [3.05, 3.63) is 29.8 Å². The average molecular weight is 242 g/mol. The Balaban J connectivity index is 2.79. The first kappa shape index (κ1) is 13.2. The van der Waals surface area contributed by atoms with E-state index in [4.69, 9.17) is 5.73 Å². The molecular formula is C11H18N2O2S. The minimum atomic E-state index is -3.10. The van der Waals surface area contributed by atoms with Crippen LogP contribution in [-0.2, 0) is 9.84 Å². The molecule has 4 nitrogen and oxygen atoms in total. The van der Waals surface area contributed by atoms with Crippen LogP contribution in [0.2, 0.25) is 0 Å². The van der Waals surface area contributed by atoms with Gasteiger partial charge in [-0.3, -0.25) is 0 Å². The van der Waals surface area contributed by atoms with Gasteiger partial charge in [0, 0.05) is 25.4 Å². The Hall–Kier alpha value is -0.910. The highest BCUT2D eigenvalue weighted by Crippen LogP contribution is 2.15. The lowest BCUT2D eigenvalue weighted by atomic mass is 10.1. The summed E-state index contributed by atoms with van der Waals surface area (Å²) in [5.74, 6) is 0. The third-order valence-electron chi connectivity index (χ3n) is 2.40. The molecule has 1 aromatic rings. The molecule has 16 heavy (non-hydrogen) atoms. The van der Waals surface area contributed by atoms with Crippen molar-refractivity contribution >= 4 is 9.84 Å². The second-order valence-corrected chi connectivity index (χ2v) is 5.82. The van der Waals surface area contributed by atoms with Crippen molar-refractivity contribution < 1.29 is 8.42 Å². The van der Waals surface area contributed by atoms with Crippen molar-refractivity contribution in [3.8, 4) is 0 Å². The molecule has 0 heterocycles. The zero-order chi connectivity index (χ0) is 12.2. The maximum absolute atomic E-state index is 11.3. The van der Waals surface area contributed by atoms with Gasteiger partial charge in [0.25, 0.3) is 0 Å². The average Bonchev–Trinajstić information content (AvgIpc) is 2.25. The molecule has 1 atom stereocenters. The predicted octanol–water partition coefficient (Wildman–Crippen LogP) is 0.699. The second-order valence-electron chi connectivity index (χ2n) is 3.81. The van der Waals surface area contributed by atoms with Crippen LogP contribution in [0.4, 0.5) is 0 Å². The minimum Gasteiger partial charge on any atom is -0.329 e. The zero-order valence-electron chi connectivity index (χ0n) is 9.60. The topological polar surface area (TPSA) is 72.2 Å². The summed E-state index contributed by atoms with van der Waals surface area (Å²) < 4.78 is 22.5. The van der Waals surface area contributed by atoms with Crippen molar-refractivity contribution in [2.24, 2.45) is 5.73 Å². The molecule has 0 saturated heterocycles. The van der Waals surface area contributed by atoms with Crippen molar-refractivity contribution in [2.45, 2.75) is 17.9 Å². The second kappa shape index (κ2) is 5.43. The highest BCUT2D eigenvalue weighted by atomic mass is 32.2. The third kappa shape index (κ3) is 3.59. The third-order valence-corrected chi connectivity index (χ3v) is 3.53. The molecule has 3 N–H and O–H groups in total. The largest absolute Gasteiger partial charge is 0.329 e. The van der Waals surface area contributed by atoms with Gasteiger partial charge in [-0.2, -0.15) is 0 Å². The van der Waals surface area contributed by atoms with Crippen LogP contribution in [0.15, 0.2) is 29.2 Å². The summed E-state index contributed by atoms with van der Waals surface area (Å²) in [6.45, 7) is 3.35. The van der Waals surface area contributed by atoms with Crippen LogP contribution in [0.5, 0.6) is 0 Å². The van der Waals surface area contributed by atoms with Gasteiger partial charge in [0.15, 0.2) is 9.84 Å². The van der Waals surface area contributed by atoms with E-state index in [1.807, 2.05) is 19.1 Å². The molecule has 1 unspecified atom stereocenters. The maximum atomic E-state index is 11.3. The summed E-state index contributed by atoms with van der Waals surface area (Å²) >= 11 is 0. The molecule has 0 radical (unpaired) electrons. The fraction of sp³-hybridized carbons (Fsp3) is 0.455. The van der Waals surface area contributed by atoms with Crippen LogP contribution in [0, 0.1) is 0 Å². The molecular weight excluding hydrogens is 224 g/mol. The van der Waals surface area contributed by atoms with Crippen LogP contribution >= 0.6 is 0 Å². The van der Waals surface area contributed by atoms with Gasteiger partial charge >= 0.3 is 0 Å². The molecule has 0 aliphatic rings. The van der Waals surface area contributed by atoms with Crippen LogP contribution in [0.25, 0.3) is 0 Å². The molecule has 0 amide bonds. The number of rotatable bonds is 5. The Morgan fingerprint density at radius 3 is 2.31 bits per heavy atom. The Labute approximate surface area is 96.8 Å². The van der Waals surface area contributed by atoms with Gasteiger partial charge < -0.3 is 11.1 Å². The Kier molecular flexibility index (Phi) is 4.46. The van der Waals surface area contributed by atoms with E-state index in [-0.39, 0.29) is 6.04 Å². The number of nitrogens with two attached hydrogens (primary N) is 1. The molecule has 5 heteroatoms. The van der Waals surface area contributed by atoms with E-state index in [2.05, 4.69) is 5.32 Å². The van der Waals surface area contributed by atoms with E-state index in [9.17, 15) is 8.42 Å². The van der Waals surface area contributed by atoms with Crippen molar-refractivity contribution in [1.29, 1.82) is 0 Å². The quantitative estimate of drug-likeness (QED) is 0.797. The molecule has 0 fully saturated rings. The van der Waals surface area contributed by atoms with Gasteiger partial charge in [0.05, 0.1) is 4.90 Å². The normalized spacial score (nSPS) is 13.7. The number of sulfone groups is 1. The summed E-state index contributed by atoms with van der Waals surface area (Å²) in [5.41, 5.74) is 6.45.